The third-order valence-electron chi connectivity index (χ3n) is 4.30. The van der Waals surface area contributed by atoms with Gasteiger partial charge in [0, 0.05) is 18.9 Å². The lowest BCUT2D eigenvalue weighted by atomic mass is 9.89. The molecule has 7 heteroatoms. The molecule has 5 nitrogen and oxygen atoms in total. The van der Waals surface area contributed by atoms with Crippen LogP contribution in [0.2, 0.25) is 0 Å². The summed E-state index contributed by atoms with van der Waals surface area (Å²) in [6.07, 6.45) is 4.51. The monoisotopic (exact) mass is 363 g/mol. The molecule has 1 aliphatic rings. The normalized spacial score (nSPS) is 18.6. The Kier molecular flexibility index (Phi) is 4.61. The second-order valence-electron chi connectivity index (χ2n) is 5.79. The molecule has 0 bridgehead atoms. The largest absolute Gasteiger partial charge is 0.271 e. The Morgan fingerprint density at radius 2 is 1.95 bits per heavy atom. The molecular weight excluding hydrogens is 342 g/mol. The van der Waals surface area contributed by atoms with E-state index in [1.807, 2.05) is 0 Å². The molecule has 0 saturated heterocycles. The van der Waals surface area contributed by atoms with Gasteiger partial charge < -0.3 is 0 Å². The number of sulfonamides is 1. The van der Waals surface area contributed by atoms with Gasteiger partial charge in [-0.25, -0.2) is 13.1 Å². The maximum Gasteiger partial charge on any atom is 0.244 e. The van der Waals surface area contributed by atoms with Gasteiger partial charge in [-0.3, -0.25) is 4.68 Å². The molecule has 1 aliphatic carbocycles. The van der Waals surface area contributed by atoms with E-state index in [2.05, 4.69) is 25.8 Å². The number of rotatable bonds is 5. The Hall–Kier alpha value is -0.400. The van der Waals surface area contributed by atoms with Crippen molar-refractivity contribution in [2.75, 3.05) is 11.9 Å². The molecule has 0 aliphatic heterocycles. The molecule has 1 N–H and O–H groups in total. The smallest absolute Gasteiger partial charge is 0.244 e. The van der Waals surface area contributed by atoms with Crippen LogP contribution in [0.15, 0.2) is 4.90 Å². The predicted molar refractivity (Wildman–Crippen MR) is 82.6 cm³/mol. The highest BCUT2D eigenvalue weighted by molar-refractivity contribution is 9.09. The average Bonchev–Trinajstić information content (AvgIpc) is 2.94. The maximum absolute atomic E-state index is 12.5. The van der Waals surface area contributed by atoms with Crippen molar-refractivity contribution in [1.29, 1.82) is 0 Å². The number of nitrogens with one attached hydrogen (secondary N) is 1. The molecule has 20 heavy (non-hydrogen) atoms. The highest BCUT2D eigenvalue weighted by atomic mass is 79.9. The van der Waals surface area contributed by atoms with Crippen LogP contribution in [0.5, 0.6) is 0 Å². The maximum atomic E-state index is 12.5. The van der Waals surface area contributed by atoms with Gasteiger partial charge in [-0.05, 0) is 32.1 Å². The molecule has 1 aromatic heterocycles. The summed E-state index contributed by atoms with van der Waals surface area (Å²) >= 11 is 3.54. The number of hydrogen-bond donors (Lipinski definition) is 1. The number of alkyl halides is 1. The zero-order chi connectivity index (χ0) is 15.0. The van der Waals surface area contributed by atoms with Gasteiger partial charge in [-0.2, -0.15) is 5.10 Å². The molecule has 0 amide bonds. The van der Waals surface area contributed by atoms with Gasteiger partial charge in [0.15, 0.2) is 0 Å². The fourth-order valence-corrected chi connectivity index (χ4v) is 5.30. The molecule has 0 radical (unpaired) electrons. The summed E-state index contributed by atoms with van der Waals surface area (Å²) in [4.78, 5) is 0.322. The Balaban J connectivity index is 2.19. The molecule has 0 spiro atoms. The van der Waals surface area contributed by atoms with Crippen LogP contribution in [0.25, 0.3) is 0 Å². The lowest BCUT2D eigenvalue weighted by Gasteiger charge is -2.26. The van der Waals surface area contributed by atoms with Crippen LogP contribution in [0.3, 0.4) is 0 Å². The van der Waals surface area contributed by atoms with Crippen LogP contribution >= 0.6 is 15.9 Å². The summed E-state index contributed by atoms with van der Waals surface area (Å²) < 4.78 is 29.4. The van der Waals surface area contributed by atoms with E-state index in [-0.39, 0.29) is 5.41 Å². The van der Waals surface area contributed by atoms with Crippen molar-refractivity contribution in [1.82, 2.24) is 14.5 Å². The molecule has 1 saturated carbocycles. The van der Waals surface area contributed by atoms with Crippen molar-refractivity contribution in [2.45, 2.75) is 44.4 Å². The average molecular weight is 364 g/mol. The minimum absolute atomic E-state index is 0.0666. The van der Waals surface area contributed by atoms with Gasteiger partial charge in [0.25, 0.3) is 0 Å². The lowest BCUT2D eigenvalue weighted by Crippen LogP contribution is -2.37. The van der Waals surface area contributed by atoms with Crippen LogP contribution in [-0.2, 0) is 17.1 Å². The van der Waals surface area contributed by atoms with Crippen LogP contribution in [0.1, 0.15) is 37.1 Å². The van der Waals surface area contributed by atoms with Crippen LogP contribution in [-0.4, -0.2) is 30.1 Å². The second-order valence-corrected chi connectivity index (χ2v) is 8.05. The molecule has 1 aromatic rings. The van der Waals surface area contributed by atoms with E-state index in [0.717, 1.165) is 18.2 Å². The predicted octanol–water partition coefficient (Wildman–Crippen LogP) is 2.27. The van der Waals surface area contributed by atoms with Crippen molar-refractivity contribution in [2.24, 2.45) is 12.5 Å². The summed E-state index contributed by atoms with van der Waals surface area (Å²) in [5.41, 5.74) is 1.29. The molecule has 0 aromatic carbocycles. The SMILES string of the molecule is Cc1nn(C)c(C)c1S(=O)(=O)NCC1(CBr)CCCC1. The Morgan fingerprint density at radius 3 is 2.40 bits per heavy atom. The topological polar surface area (TPSA) is 64.0 Å². The van der Waals surface area contributed by atoms with E-state index in [9.17, 15) is 8.42 Å². The zero-order valence-corrected chi connectivity index (χ0v) is 14.6. The molecule has 2 rings (SSSR count). The van der Waals surface area contributed by atoms with Gasteiger partial charge in [0.1, 0.15) is 4.90 Å². The lowest BCUT2D eigenvalue weighted by molar-refractivity contribution is 0.347. The van der Waals surface area contributed by atoms with Crippen molar-refractivity contribution < 1.29 is 8.42 Å². The summed E-state index contributed by atoms with van der Waals surface area (Å²) in [5.74, 6) is 0. The Morgan fingerprint density at radius 1 is 1.35 bits per heavy atom. The first kappa shape index (κ1) is 16.0. The first-order valence-electron chi connectivity index (χ1n) is 6.87. The number of hydrogen-bond acceptors (Lipinski definition) is 3. The standard InChI is InChI=1S/C13H22BrN3O2S/c1-10-12(11(2)17(3)16-10)20(18,19)15-9-13(8-14)6-4-5-7-13/h15H,4-9H2,1-3H3. The number of aryl methyl sites for hydroxylation is 2. The third-order valence-corrected chi connectivity index (χ3v) is 7.14. The van der Waals surface area contributed by atoms with Crippen molar-refractivity contribution in [3.63, 3.8) is 0 Å². The fraction of sp³-hybridized carbons (Fsp3) is 0.769. The first-order chi connectivity index (χ1) is 9.31. The van der Waals surface area contributed by atoms with Gasteiger partial charge in [-0.15, -0.1) is 0 Å². The van der Waals surface area contributed by atoms with E-state index >= 15 is 0 Å². The van der Waals surface area contributed by atoms with Crippen LogP contribution < -0.4 is 4.72 Å². The van der Waals surface area contributed by atoms with Crippen molar-refractivity contribution in [3.8, 4) is 0 Å². The van der Waals surface area contributed by atoms with E-state index < -0.39 is 10.0 Å². The number of nitrogens with zero attached hydrogens (tertiary/aromatic N) is 2. The minimum Gasteiger partial charge on any atom is -0.271 e. The highest BCUT2D eigenvalue weighted by Gasteiger charge is 2.35. The van der Waals surface area contributed by atoms with E-state index in [1.54, 1.807) is 25.6 Å². The third kappa shape index (κ3) is 2.94. The fourth-order valence-electron chi connectivity index (χ4n) is 2.95. The summed E-state index contributed by atoms with van der Waals surface area (Å²) in [7, 11) is -1.73. The van der Waals surface area contributed by atoms with Crippen LogP contribution in [0, 0.1) is 19.3 Å². The van der Waals surface area contributed by atoms with E-state index in [0.29, 0.717) is 22.8 Å². The van der Waals surface area contributed by atoms with E-state index in [1.165, 1.54) is 12.8 Å². The van der Waals surface area contributed by atoms with Crippen LogP contribution in [0.4, 0.5) is 0 Å². The number of halogens is 1. The quantitative estimate of drug-likeness (QED) is 0.816. The second kappa shape index (κ2) is 5.77. The molecule has 114 valence electrons. The van der Waals surface area contributed by atoms with Gasteiger partial charge in [0.05, 0.1) is 11.4 Å². The Bertz CT molecular complexity index is 589. The van der Waals surface area contributed by atoms with Gasteiger partial charge in [-0.1, -0.05) is 28.8 Å². The number of aromatic nitrogens is 2. The van der Waals surface area contributed by atoms with Gasteiger partial charge in [0.2, 0.25) is 10.0 Å². The summed E-state index contributed by atoms with van der Waals surface area (Å²) in [6.45, 7) is 4.01. The Labute approximate surface area is 129 Å². The summed E-state index contributed by atoms with van der Waals surface area (Å²) in [6, 6.07) is 0. The molecule has 1 heterocycles. The molecule has 0 unspecified atom stereocenters. The highest BCUT2D eigenvalue weighted by Crippen LogP contribution is 2.39. The molecule has 0 atom stereocenters. The summed E-state index contributed by atoms with van der Waals surface area (Å²) in [5, 5.41) is 5.02. The minimum atomic E-state index is -3.49. The molecular formula is C13H22BrN3O2S. The van der Waals surface area contributed by atoms with Crippen molar-refractivity contribution >= 4 is 26.0 Å². The van der Waals surface area contributed by atoms with E-state index in [4.69, 9.17) is 0 Å². The first-order valence-corrected chi connectivity index (χ1v) is 9.48. The molecule has 1 fully saturated rings. The zero-order valence-electron chi connectivity index (χ0n) is 12.2. The van der Waals surface area contributed by atoms with Crippen molar-refractivity contribution in [3.05, 3.63) is 11.4 Å². The van der Waals surface area contributed by atoms with Gasteiger partial charge >= 0.3 is 0 Å².